The number of nitrogens with one attached hydrogen (secondary N) is 1. The van der Waals surface area contributed by atoms with Gasteiger partial charge in [-0.3, -0.25) is 4.79 Å². The Hall–Kier alpha value is -2.77. The van der Waals surface area contributed by atoms with Gasteiger partial charge in [0.25, 0.3) is 0 Å². The molecule has 0 aromatic heterocycles. The van der Waals surface area contributed by atoms with Crippen LogP contribution >= 0.6 is 0 Å². The molecule has 8 heteroatoms. The highest BCUT2D eigenvalue weighted by atomic mass is 16.6. The lowest BCUT2D eigenvalue weighted by molar-refractivity contribution is -0.125. The first kappa shape index (κ1) is 22.9. The van der Waals surface area contributed by atoms with Crippen molar-refractivity contribution in [1.82, 2.24) is 15.1 Å². The van der Waals surface area contributed by atoms with Crippen LogP contribution in [0.5, 0.6) is 0 Å². The summed E-state index contributed by atoms with van der Waals surface area (Å²) in [5, 5.41) is 3.09. The molecule has 2 heterocycles. The monoisotopic (exact) mass is 431 g/mol. The van der Waals surface area contributed by atoms with Gasteiger partial charge in [0.2, 0.25) is 5.91 Å². The number of rotatable bonds is 4. The summed E-state index contributed by atoms with van der Waals surface area (Å²) >= 11 is 0. The fourth-order valence-electron chi connectivity index (χ4n) is 3.80. The van der Waals surface area contributed by atoms with E-state index in [9.17, 15) is 14.4 Å². The summed E-state index contributed by atoms with van der Waals surface area (Å²) in [6, 6.07) is 9.55. The number of benzene rings is 1. The van der Waals surface area contributed by atoms with Gasteiger partial charge in [0.1, 0.15) is 12.2 Å². The van der Waals surface area contributed by atoms with Gasteiger partial charge in [-0.2, -0.15) is 0 Å². The Labute approximate surface area is 183 Å². The summed E-state index contributed by atoms with van der Waals surface area (Å²) in [4.78, 5) is 40.4. The highest BCUT2D eigenvalue weighted by Crippen LogP contribution is 2.20. The van der Waals surface area contributed by atoms with Crippen molar-refractivity contribution in [3.8, 4) is 0 Å². The zero-order valence-corrected chi connectivity index (χ0v) is 18.6. The highest BCUT2D eigenvalue weighted by molar-refractivity contribution is 5.81. The van der Waals surface area contributed by atoms with E-state index in [0.29, 0.717) is 45.4 Å². The first-order valence-electron chi connectivity index (χ1n) is 11.0. The molecule has 2 saturated heterocycles. The summed E-state index contributed by atoms with van der Waals surface area (Å²) in [5.41, 5.74) is 0.417. The summed E-state index contributed by atoms with van der Waals surface area (Å²) < 4.78 is 10.8. The molecule has 170 valence electrons. The van der Waals surface area contributed by atoms with Crippen molar-refractivity contribution in [2.24, 2.45) is 5.92 Å². The van der Waals surface area contributed by atoms with Crippen molar-refractivity contribution < 1.29 is 23.9 Å². The maximum absolute atomic E-state index is 12.7. The molecule has 3 amide bonds. The second-order valence-corrected chi connectivity index (χ2v) is 9.22. The minimum atomic E-state index is -0.515. The van der Waals surface area contributed by atoms with Crippen molar-refractivity contribution in [3.05, 3.63) is 35.9 Å². The minimum absolute atomic E-state index is 0.0327. The van der Waals surface area contributed by atoms with E-state index < -0.39 is 5.60 Å². The first-order chi connectivity index (χ1) is 14.7. The van der Waals surface area contributed by atoms with Crippen LogP contribution in [0.15, 0.2) is 30.3 Å². The Balaban J connectivity index is 1.38. The van der Waals surface area contributed by atoms with Gasteiger partial charge >= 0.3 is 12.2 Å². The number of carbonyl (C=O) groups is 3. The van der Waals surface area contributed by atoms with Gasteiger partial charge < -0.3 is 24.6 Å². The van der Waals surface area contributed by atoms with Gasteiger partial charge in [-0.05, 0) is 45.6 Å². The standard InChI is InChI=1S/C23H33N3O5/c1-23(2,3)31-22(29)25-13-10-19(11-14-25)24-20(27)18-9-12-26(15-18)21(28)30-16-17-7-5-4-6-8-17/h4-8,18-19H,9-16H2,1-3H3,(H,24,27). The molecule has 2 aliphatic rings. The number of nitrogens with zero attached hydrogens (tertiary/aromatic N) is 2. The van der Waals surface area contributed by atoms with Crippen molar-refractivity contribution in [2.45, 2.75) is 58.3 Å². The minimum Gasteiger partial charge on any atom is -0.445 e. The van der Waals surface area contributed by atoms with Crippen LogP contribution in [0.3, 0.4) is 0 Å². The number of carbonyl (C=O) groups excluding carboxylic acids is 3. The smallest absolute Gasteiger partial charge is 0.410 e. The Morgan fingerprint density at radius 1 is 0.968 bits per heavy atom. The third kappa shape index (κ3) is 6.87. The Morgan fingerprint density at radius 3 is 2.26 bits per heavy atom. The predicted octanol–water partition coefficient (Wildman–Crippen LogP) is 3.16. The van der Waals surface area contributed by atoms with Crippen molar-refractivity contribution in [2.75, 3.05) is 26.2 Å². The van der Waals surface area contributed by atoms with Crippen LogP contribution in [-0.4, -0.2) is 65.7 Å². The van der Waals surface area contributed by atoms with Crippen LogP contribution in [0, 0.1) is 5.92 Å². The molecule has 1 aromatic carbocycles. The second kappa shape index (κ2) is 10.0. The number of ether oxygens (including phenoxy) is 2. The maximum Gasteiger partial charge on any atom is 0.410 e. The molecular formula is C23H33N3O5. The molecule has 0 aliphatic carbocycles. The van der Waals surface area contributed by atoms with E-state index in [-0.39, 0.29) is 36.7 Å². The van der Waals surface area contributed by atoms with Gasteiger partial charge in [0, 0.05) is 32.2 Å². The Kier molecular flexibility index (Phi) is 7.41. The number of hydrogen-bond donors (Lipinski definition) is 1. The van der Waals surface area contributed by atoms with E-state index in [1.54, 1.807) is 9.80 Å². The molecular weight excluding hydrogens is 398 g/mol. The van der Waals surface area contributed by atoms with E-state index >= 15 is 0 Å². The molecule has 0 saturated carbocycles. The van der Waals surface area contributed by atoms with E-state index in [4.69, 9.17) is 9.47 Å². The molecule has 2 aliphatic heterocycles. The number of likely N-dealkylation sites (tertiary alicyclic amines) is 2. The quantitative estimate of drug-likeness (QED) is 0.791. The van der Waals surface area contributed by atoms with E-state index in [1.807, 2.05) is 51.1 Å². The largest absolute Gasteiger partial charge is 0.445 e. The van der Waals surface area contributed by atoms with Crippen LogP contribution < -0.4 is 5.32 Å². The Bertz CT molecular complexity index is 769. The van der Waals surface area contributed by atoms with Crippen LogP contribution in [0.2, 0.25) is 0 Å². The molecule has 31 heavy (non-hydrogen) atoms. The van der Waals surface area contributed by atoms with E-state index in [1.165, 1.54) is 0 Å². The Morgan fingerprint density at radius 2 is 1.61 bits per heavy atom. The van der Waals surface area contributed by atoms with Crippen LogP contribution in [0.25, 0.3) is 0 Å². The predicted molar refractivity (Wildman–Crippen MR) is 115 cm³/mol. The average Bonchev–Trinajstić information content (AvgIpc) is 3.23. The molecule has 1 unspecified atom stereocenters. The lowest BCUT2D eigenvalue weighted by Gasteiger charge is -2.34. The lowest BCUT2D eigenvalue weighted by atomic mass is 10.0. The average molecular weight is 432 g/mol. The van der Waals surface area contributed by atoms with Crippen LogP contribution in [0.1, 0.15) is 45.6 Å². The number of amides is 3. The van der Waals surface area contributed by atoms with Gasteiger partial charge in [-0.25, -0.2) is 9.59 Å². The van der Waals surface area contributed by atoms with Crippen molar-refractivity contribution in [1.29, 1.82) is 0 Å². The first-order valence-corrected chi connectivity index (χ1v) is 11.0. The summed E-state index contributed by atoms with van der Waals surface area (Å²) in [5.74, 6) is -0.262. The maximum atomic E-state index is 12.7. The fourth-order valence-corrected chi connectivity index (χ4v) is 3.80. The molecule has 1 aromatic rings. The highest BCUT2D eigenvalue weighted by Gasteiger charge is 2.34. The van der Waals surface area contributed by atoms with Gasteiger partial charge in [0.15, 0.2) is 0 Å². The van der Waals surface area contributed by atoms with E-state index in [2.05, 4.69) is 5.32 Å². The van der Waals surface area contributed by atoms with Crippen molar-refractivity contribution >= 4 is 18.1 Å². The summed E-state index contributed by atoms with van der Waals surface area (Å²) in [6.07, 6.45) is 1.33. The zero-order chi connectivity index (χ0) is 22.4. The molecule has 1 atom stereocenters. The fraction of sp³-hybridized carbons (Fsp3) is 0.609. The molecule has 3 rings (SSSR count). The summed E-state index contributed by atoms with van der Waals surface area (Å²) in [6.45, 7) is 7.77. The SMILES string of the molecule is CC(C)(C)OC(=O)N1CCC(NC(=O)C2CCN(C(=O)OCc3ccccc3)C2)CC1. The normalized spacial score (nSPS) is 19.8. The third-order valence-electron chi connectivity index (χ3n) is 5.52. The van der Waals surface area contributed by atoms with Crippen molar-refractivity contribution in [3.63, 3.8) is 0 Å². The molecule has 0 radical (unpaired) electrons. The van der Waals surface area contributed by atoms with Gasteiger partial charge in [-0.1, -0.05) is 30.3 Å². The zero-order valence-electron chi connectivity index (χ0n) is 18.6. The van der Waals surface area contributed by atoms with Crippen LogP contribution in [0.4, 0.5) is 9.59 Å². The topological polar surface area (TPSA) is 88.2 Å². The van der Waals surface area contributed by atoms with E-state index in [0.717, 1.165) is 5.56 Å². The third-order valence-corrected chi connectivity index (χ3v) is 5.52. The molecule has 0 spiro atoms. The van der Waals surface area contributed by atoms with Gasteiger partial charge in [-0.15, -0.1) is 0 Å². The van der Waals surface area contributed by atoms with Crippen LogP contribution in [-0.2, 0) is 20.9 Å². The lowest BCUT2D eigenvalue weighted by Crippen LogP contribution is -2.49. The summed E-state index contributed by atoms with van der Waals surface area (Å²) in [7, 11) is 0. The second-order valence-electron chi connectivity index (χ2n) is 9.22. The number of hydrogen-bond acceptors (Lipinski definition) is 5. The molecule has 8 nitrogen and oxygen atoms in total. The molecule has 0 bridgehead atoms. The molecule has 1 N–H and O–H groups in total. The van der Waals surface area contributed by atoms with Gasteiger partial charge in [0.05, 0.1) is 5.92 Å². The number of piperidine rings is 1. The molecule has 2 fully saturated rings.